The summed E-state index contributed by atoms with van der Waals surface area (Å²) in [6, 6.07) is 6.49. The summed E-state index contributed by atoms with van der Waals surface area (Å²) in [5, 5.41) is 11.8. The summed E-state index contributed by atoms with van der Waals surface area (Å²) in [4.78, 5) is 12.0. The van der Waals surface area contributed by atoms with E-state index in [4.69, 9.17) is 9.15 Å². The maximum Gasteiger partial charge on any atom is 0.252 e. The molecule has 1 aromatic heterocycles. The fourth-order valence-electron chi connectivity index (χ4n) is 1.75. The summed E-state index contributed by atoms with van der Waals surface area (Å²) in [6.45, 7) is -0.322. The van der Waals surface area contributed by atoms with Crippen LogP contribution in [-0.4, -0.2) is 24.7 Å². The summed E-state index contributed by atoms with van der Waals surface area (Å²) in [6.07, 6.45) is 1.44. The summed E-state index contributed by atoms with van der Waals surface area (Å²) in [5.74, 6) is -0.651. The van der Waals surface area contributed by atoms with Crippen molar-refractivity contribution in [1.82, 2.24) is 5.32 Å². The fraction of sp³-hybridized carbons (Fsp3) is 0.214. The first-order valence-corrected chi connectivity index (χ1v) is 5.94. The Morgan fingerprint density at radius 1 is 1.50 bits per heavy atom. The van der Waals surface area contributed by atoms with Gasteiger partial charge in [-0.2, -0.15) is 0 Å². The van der Waals surface area contributed by atoms with Gasteiger partial charge in [0.25, 0.3) is 5.91 Å². The van der Waals surface area contributed by atoms with E-state index in [1.165, 1.54) is 25.5 Å². The normalized spacial score (nSPS) is 11.9. The number of benzene rings is 1. The van der Waals surface area contributed by atoms with Crippen molar-refractivity contribution in [2.45, 2.75) is 6.04 Å². The monoisotopic (exact) mass is 279 g/mol. The van der Waals surface area contributed by atoms with Crippen molar-refractivity contribution in [2.24, 2.45) is 0 Å². The van der Waals surface area contributed by atoms with Crippen molar-refractivity contribution in [3.8, 4) is 5.75 Å². The average Bonchev–Trinajstić information content (AvgIpc) is 2.98. The highest BCUT2D eigenvalue weighted by molar-refractivity contribution is 5.94. The lowest BCUT2D eigenvalue weighted by atomic mass is 10.1. The Morgan fingerprint density at radius 3 is 2.85 bits per heavy atom. The van der Waals surface area contributed by atoms with Crippen molar-refractivity contribution in [1.29, 1.82) is 0 Å². The van der Waals surface area contributed by atoms with Gasteiger partial charge in [-0.15, -0.1) is 0 Å². The predicted octanol–water partition coefficient (Wildman–Crippen LogP) is 1.89. The number of halogens is 1. The number of amides is 1. The number of aliphatic hydroxyl groups is 1. The zero-order valence-corrected chi connectivity index (χ0v) is 10.8. The van der Waals surface area contributed by atoms with Crippen molar-refractivity contribution in [3.05, 3.63) is 53.7 Å². The van der Waals surface area contributed by atoms with Crippen LogP contribution >= 0.6 is 0 Å². The molecule has 0 spiro atoms. The maximum atomic E-state index is 13.5. The molecule has 0 aliphatic carbocycles. The van der Waals surface area contributed by atoms with E-state index < -0.39 is 17.8 Å². The minimum absolute atomic E-state index is 0.0614. The molecular formula is C14H14FNO4. The topological polar surface area (TPSA) is 71.7 Å². The van der Waals surface area contributed by atoms with E-state index in [1.54, 1.807) is 12.1 Å². The maximum absolute atomic E-state index is 13.5. The van der Waals surface area contributed by atoms with E-state index >= 15 is 0 Å². The van der Waals surface area contributed by atoms with E-state index in [9.17, 15) is 14.3 Å². The van der Waals surface area contributed by atoms with Crippen molar-refractivity contribution < 1.29 is 23.4 Å². The van der Waals surface area contributed by atoms with Gasteiger partial charge in [-0.05, 0) is 30.3 Å². The number of aliphatic hydroxyl groups excluding tert-OH is 1. The van der Waals surface area contributed by atoms with E-state index in [2.05, 4.69) is 5.32 Å². The van der Waals surface area contributed by atoms with Crippen molar-refractivity contribution in [3.63, 3.8) is 0 Å². The summed E-state index contributed by atoms with van der Waals surface area (Å²) < 4.78 is 23.4. The Balaban J connectivity index is 2.13. The number of furan rings is 1. The van der Waals surface area contributed by atoms with Gasteiger partial charge in [-0.1, -0.05) is 0 Å². The largest absolute Gasteiger partial charge is 0.494 e. The SMILES string of the molecule is COc1ccc(C(=O)NC(CO)c2ccco2)cc1F. The van der Waals surface area contributed by atoms with E-state index in [-0.39, 0.29) is 17.9 Å². The van der Waals surface area contributed by atoms with Crippen LogP contribution in [0.5, 0.6) is 5.75 Å². The van der Waals surface area contributed by atoms with Crippen LogP contribution in [0.15, 0.2) is 41.0 Å². The van der Waals surface area contributed by atoms with Crippen LogP contribution in [0.4, 0.5) is 4.39 Å². The number of methoxy groups -OCH3 is 1. The second-order valence-electron chi connectivity index (χ2n) is 4.07. The number of ether oxygens (including phenoxy) is 1. The molecule has 0 aliphatic heterocycles. The van der Waals surface area contributed by atoms with Crippen LogP contribution in [0.1, 0.15) is 22.2 Å². The molecule has 20 heavy (non-hydrogen) atoms. The van der Waals surface area contributed by atoms with Crippen LogP contribution in [0.3, 0.4) is 0 Å². The third-order valence-electron chi connectivity index (χ3n) is 2.79. The van der Waals surface area contributed by atoms with Gasteiger partial charge < -0.3 is 19.6 Å². The Labute approximate surface area is 115 Å². The minimum Gasteiger partial charge on any atom is -0.494 e. The molecule has 0 aliphatic rings. The standard InChI is InChI=1S/C14H14FNO4/c1-19-12-5-4-9(7-10(12)15)14(18)16-11(8-17)13-3-2-6-20-13/h2-7,11,17H,8H2,1H3,(H,16,18). The van der Waals surface area contributed by atoms with Gasteiger partial charge in [0.15, 0.2) is 11.6 Å². The first-order chi connectivity index (χ1) is 9.65. The molecule has 0 saturated carbocycles. The number of nitrogens with one attached hydrogen (secondary N) is 1. The highest BCUT2D eigenvalue weighted by Gasteiger charge is 2.18. The molecule has 106 valence electrons. The Morgan fingerprint density at radius 2 is 2.30 bits per heavy atom. The lowest BCUT2D eigenvalue weighted by Crippen LogP contribution is -2.30. The van der Waals surface area contributed by atoms with E-state index in [1.807, 2.05) is 0 Å². The second kappa shape index (κ2) is 6.21. The number of rotatable bonds is 5. The zero-order valence-electron chi connectivity index (χ0n) is 10.8. The average molecular weight is 279 g/mol. The molecule has 1 aromatic carbocycles. The van der Waals surface area contributed by atoms with Crippen LogP contribution in [0.25, 0.3) is 0 Å². The molecule has 1 amide bonds. The van der Waals surface area contributed by atoms with Crippen LogP contribution in [0, 0.1) is 5.82 Å². The molecule has 1 heterocycles. The molecule has 0 saturated heterocycles. The molecular weight excluding hydrogens is 265 g/mol. The van der Waals surface area contributed by atoms with Crippen LogP contribution in [0.2, 0.25) is 0 Å². The van der Waals surface area contributed by atoms with Crippen molar-refractivity contribution >= 4 is 5.91 Å². The van der Waals surface area contributed by atoms with Gasteiger partial charge in [-0.25, -0.2) is 4.39 Å². The highest BCUT2D eigenvalue weighted by Crippen LogP contribution is 2.19. The van der Waals surface area contributed by atoms with Gasteiger partial charge in [0.1, 0.15) is 11.8 Å². The highest BCUT2D eigenvalue weighted by atomic mass is 19.1. The van der Waals surface area contributed by atoms with Gasteiger partial charge in [0.05, 0.1) is 20.0 Å². The third-order valence-corrected chi connectivity index (χ3v) is 2.79. The molecule has 2 aromatic rings. The fourth-order valence-corrected chi connectivity index (χ4v) is 1.75. The molecule has 2 rings (SSSR count). The lowest BCUT2D eigenvalue weighted by molar-refractivity contribution is 0.0907. The van der Waals surface area contributed by atoms with Gasteiger partial charge >= 0.3 is 0 Å². The second-order valence-corrected chi connectivity index (χ2v) is 4.07. The minimum atomic E-state index is -0.678. The molecule has 0 bridgehead atoms. The number of hydrogen-bond acceptors (Lipinski definition) is 4. The molecule has 0 radical (unpaired) electrons. The Kier molecular flexibility index (Phi) is 4.37. The molecule has 5 nitrogen and oxygen atoms in total. The molecule has 1 unspecified atom stereocenters. The Bertz CT molecular complexity index is 583. The smallest absolute Gasteiger partial charge is 0.252 e. The van der Waals surface area contributed by atoms with E-state index in [0.717, 1.165) is 6.07 Å². The first-order valence-electron chi connectivity index (χ1n) is 5.94. The summed E-state index contributed by atoms with van der Waals surface area (Å²) in [7, 11) is 1.34. The quantitative estimate of drug-likeness (QED) is 0.876. The molecule has 1 atom stereocenters. The molecule has 0 fully saturated rings. The molecule has 2 N–H and O–H groups in total. The van der Waals surface area contributed by atoms with Crippen LogP contribution in [-0.2, 0) is 0 Å². The van der Waals surface area contributed by atoms with Gasteiger partial charge in [0, 0.05) is 5.56 Å². The lowest BCUT2D eigenvalue weighted by Gasteiger charge is -2.14. The zero-order chi connectivity index (χ0) is 14.5. The van der Waals surface area contributed by atoms with E-state index in [0.29, 0.717) is 5.76 Å². The van der Waals surface area contributed by atoms with Gasteiger partial charge in [0.2, 0.25) is 0 Å². The summed E-state index contributed by atoms with van der Waals surface area (Å²) >= 11 is 0. The third kappa shape index (κ3) is 2.97. The Hall–Kier alpha value is -2.34. The van der Waals surface area contributed by atoms with Gasteiger partial charge in [-0.3, -0.25) is 4.79 Å². The molecule has 6 heteroatoms. The van der Waals surface area contributed by atoms with Crippen molar-refractivity contribution in [2.75, 3.05) is 13.7 Å². The summed E-state index contributed by atoms with van der Waals surface area (Å²) in [5.41, 5.74) is 0.133. The number of carbonyl (C=O) groups is 1. The first kappa shape index (κ1) is 14.1. The predicted molar refractivity (Wildman–Crippen MR) is 69.0 cm³/mol. The number of hydrogen-bond donors (Lipinski definition) is 2. The van der Waals surface area contributed by atoms with Crippen LogP contribution < -0.4 is 10.1 Å². The number of carbonyl (C=O) groups excluding carboxylic acids is 1.